The van der Waals surface area contributed by atoms with Gasteiger partial charge in [0.15, 0.2) is 0 Å². The normalized spacial score (nSPS) is 19.2. The van der Waals surface area contributed by atoms with Gasteiger partial charge in [-0.3, -0.25) is 9.59 Å². The van der Waals surface area contributed by atoms with E-state index in [0.717, 1.165) is 34.3 Å². The second kappa shape index (κ2) is 9.60. The van der Waals surface area contributed by atoms with Crippen molar-refractivity contribution in [1.29, 1.82) is 0 Å². The number of likely N-dealkylation sites (N-methyl/N-ethyl adjacent to an activating group) is 1. The Balaban J connectivity index is 1.32. The molecular formula is C27H26BrN3O3. The molecule has 0 bridgehead atoms. The van der Waals surface area contributed by atoms with Gasteiger partial charge in [0.1, 0.15) is 11.5 Å². The Hall–Kier alpha value is -3.16. The number of amides is 2. The van der Waals surface area contributed by atoms with E-state index >= 15 is 0 Å². The van der Waals surface area contributed by atoms with Crippen LogP contribution < -0.4 is 10.6 Å². The highest BCUT2D eigenvalue weighted by atomic mass is 79.9. The first-order valence-corrected chi connectivity index (χ1v) is 12.3. The lowest BCUT2D eigenvalue weighted by Crippen LogP contribution is -2.44. The third kappa shape index (κ3) is 4.58. The number of hydrogen-bond acceptors (Lipinski definition) is 4. The summed E-state index contributed by atoms with van der Waals surface area (Å²) < 4.78 is 6.88. The van der Waals surface area contributed by atoms with Crippen LogP contribution in [0.5, 0.6) is 0 Å². The predicted molar refractivity (Wildman–Crippen MR) is 137 cm³/mol. The molecule has 3 heterocycles. The minimum Gasteiger partial charge on any atom is -0.457 e. The van der Waals surface area contributed by atoms with Crippen molar-refractivity contribution in [2.45, 2.75) is 25.3 Å². The van der Waals surface area contributed by atoms with E-state index in [9.17, 15) is 9.59 Å². The maximum absolute atomic E-state index is 12.8. The summed E-state index contributed by atoms with van der Waals surface area (Å²) in [6.07, 6.45) is 5.29. The maximum atomic E-state index is 12.8. The SMILES string of the molecule is CN1CCCCC1CNC(=O)c1cccc(-c2ccc(/C=C3/C(=O)Nc4cccc(Br)c43)o2)c1. The number of piperidine rings is 1. The first-order chi connectivity index (χ1) is 16.5. The fraction of sp³-hybridized carbons (Fsp3) is 0.259. The lowest BCUT2D eigenvalue weighted by Gasteiger charge is -2.32. The molecule has 34 heavy (non-hydrogen) atoms. The average molecular weight is 520 g/mol. The number of rotatable bonds is 5. The molecule has 2 aliphatic rings. The number of halogens is 1. The maximum Gasteiger partial charge on any atom is 0.256 e. The van der Waals surface area contributed by atoms with Crippen LogP contribution in [0.3, 0.4) is 0 Å². The molecule has 5 rings (SSSR count). The Morgan fingerprint density at radius 2 is 2.06 bits per heavy atom. The van der Waals surface area contributed by atoms with E-state index in [1.165, 1.54) is 12.8 Å². The summed E-state index contributed by atoms with van der Waals surface area (Å²) in [5.74, 6) is 0.958. The van der Waals surface area contributed by atoms with Gasteiger partial charge >= 0.3 is 0 Å². The molecule has 7 heteroatoms. The van der Waals surface area contributed by atoms with E-state index in [2.05, 4.69) is 38.5 Å². The van der Waals surface area contributed by atoms with E-state index in [1.807, 2.05) is 54.6 Å². The lowest BCUT2D eigenvalue weighted by molar-refractivity contribution is -0.110. The summed E-state index contributed by atoms with van der Waals surface area (Å²) in [6, 6.07) is 17.2. The van der Waals surface area contributed by atoms with Crippen LogP contribution in [0.15, 0.2) is 63.5 Å². The van der Waals surface area contributed by atoms with Crippen molar-refractivity contribution in [1.82, 2.24) is 10.2 Å². The van der Waals surface area contributed by atoms with Crippen LogP contribution in [0.4, 0.5) is 5.69 Å². The molecule has 1 fully saturated rings. The summed E-state index contributed by atoms with van der Waals surface area (Å²) >= 11 is 3.53. The monoisotopic (exact) mass is 519 g/mol. The quantitative estimate of drug-likeness (QED) is 0.441. The molecule has 6 nitrogen and oxygen atoms in total. The molecule has 2 amide bonds. The van der Waals surface area contributed by atoms with Crippen molar-refractivity contribution in [3.05, 3.63) is 76.0 Å². The summed E-state index contributed by atoms with van der Waals surface area (Å²) in [5, 5.41) is 5.96. The molecule has 174 valence electrons. The van der Waals surface area contributed by atoms with Gasteiger partial charge in [-0.15, -0.1) is 0 Å². The van der Waals surface area contributed by atoms with Crippen molar-refractivity contribution in [2.24, 2.45) is 0 Å². The fourth-order valence-corrected chi connectivity index (χ4v) is 5.18. The summed E-state index contributed by atoms with van der Waals surface area (Å²) in [6.45, 7) is 1.73. The second-order valence-corrected chi connectivity index (χ2v) is 9.65. The third-order valence-electron chi connectivity index (χ3n) is 6.52. The topological polar surface area (TPSA) is 74.6 Å². The van der Waals surface area contributed by atoms with Crippen LogP contribution in [0.25, 0.3) is 23.0 Å². The smallest absolute Gasteiger partial charge is 0.256 e. The van der Waals surface area contributed by atoms with Crippen LogP contribution in [0, 0.1) is 0 Å². The number of benzene rings is 2. The molecule has 0 saturated carbocycles. The molecule has 1 aromatic heterocycles. The zero-order valence-corrected chi connectivity index (χ0v) is 20.5. The first-order valence-electron chi connectivity index (χ1n) is 11.5. The molecule has 3 aromatic rings. The van der Waals surface area contributed by atoms with Crippen LogP contribution in [0.1, 0.15) is 40.9 Å². The Kier molecular flexibility index (Phi) is 6.39. The van der Waals surface area contributed by atoms with Crippen molar-refractivity contribution in [3.63, 3.8) is 0 Å². The molecule has 0 spiro atoms. The van der Waals surface area contributed by atoms with E-state index in [4.69, 9.17) is 4.42 Å². The van der Waals surface area contributed by atoms with E-state index < -0.39 is 0 Å². The van der Waals surface area contributed by atoms with Gasteiger partial charge < -0.3 is 20.0 Å². The van der Waals surface area contributed by atoms with Crippen LogP contribution in [0.2, 0.25) is 0 Å². The Bertz CT molecular complexity index is 1280. The highest BCUT2D eigenvalue weighted by Crippen LogP contribution is 2.38. The number of carbonyl (C=O) groups excluding carboxylic acids is 2. The van der Waals surface area contributed by atoms with E-state index in [1.54, 1.807) is 6.08 Å². The summed E-state index contributed by atoms with van der Waals surface area (Å²) in [7, 11) is 2.12. The number of nitrogens with zero attached hydrogens (tertiary/aromatic N) is 1. The molecule has 1 atom stereocenters. The van der Waals surface area contributed by atoms with Gasteiger partial charge in [-0.1, -0.05) is 40.5 Å². The van der Waals surface area contributed by atoms with Crippen molar-refractivity contribution >= 4 is 45.1 Å². The van der Waals surface area contributed by atoms with Gasteiger partial charge in [0.05, 0.1) is 11.3 Å². The fourth-order valence-electron chi connectivity index (χ4n) is 4.60. The Morgan fingerprint density at radius 3 is 2.91 bits per heavy atom. The molecular weight excluding hydrogens is 494 g/mol. The second-order valence-electron chi connectivity index (χ2n) is 8.80. The number of nitrogens with one attached hydrogen (secondary N) is 2. The van der Waals surface area contributed by atoms with Crippen molar-refractivity contribution in [3.8, 4) is 11.3 Å². The highest BCUT2D eigenvalue weighted by molar-refractivity contribution is 9.10. The largest absolute Gasteiger partial charge is 0.457 e. The average Bonchev–Trinajstić information content (AvgIpc) is 3.44. The summed E-state index contributed by atoms with van der Waals surface area (Å²) in [4.78, 5) is 27.6. The highest BCUT2D eigenvalue weighted by Gasteiger charge is 2.26. The van der Waals surface area contributed by atoms with Gasteiger partial charge in [-0.25, -0.2) is 0 Å². The van der Waals surface area contributed by atoms with Crippen LogP contribution >= 0.6 is 15.9 Å². The number of anilines is 1. The summed E-state index contributed by atoms with van der Waals surface area (Å²) in [5.41, 5.74) is 3.55. The zero-order chi connectivity index (χ0) is 23.7. The third-order valence-corrected chi connectivity index (χ3v) is 7.18. The lowest BCUT2D eigenvalue weighted by atomic mass is 10.0. The number of likely N-dealkylation sites (tertiary alicyclic amines) is 1. The van der Waals surface area contributed by atoms with Gasteiger partial charge in [0, 0.05) is 33.7 Å². The molecule has 2 N–H and O–H groups in total. The van der Waals surface area contributed by atoms with Gasteiger partial charge in [0.2, 0.25) is 0 Å². The van der Waals surface area contributed by atoms with Crippen LogP contribution in [-0.2, 0) is 4.79 Å². The molecule has 1 saturated heterocycles. The standard InChI is InChI=1S/C27H26BrN3O3/c1-31-13-3-2-8-19(31)16-29-26(32)18-7-4-6-17(14-18)24-12-11-20(34-24)15-21-25-22(28)9-5-10-23(25)30-27(21)33/h4-7,9-12,14-15,19H,2-3,8,13,16H2,1H3,(H,29,32)(H,30,33)/b21-15+. The van der Waals surface area contributed by atoms with E-state index in [-0.39, 0.29) is 11.8 Å². The predicted octanol–water partition coefficient (Wildman–Crippen LogP) is 5.42. The minimum atomic E-state index is -0.165. The zero-order valence-electron chi connectivity index (χ0n) is 18.9. The molecule has 1 unspecified atom stereocenters. The van der Waals surface area contributed by atoms with Gasteiger partial charge in [-0.2, -0.15) is 0 Å². The van der Waals surface area contributed by atoms with E-state index in [0.29, 0.717) is 35.2 Å². The van der Waals surface area contributed by atoms with Gasteiger partial charge in [-0.05, 0) is 68.9 Å². The molecule has 2 aromatic carbocycles. The van der Waals surface area contributed by atoms with Crippen LogP contribution in [-0.4, -0.2) is 42.9 Å². The number of furan rings is 1. The molecule has 2 aliphatic heterocycles. The number of fused-ring (bicyclic) bond motifs is 1. The van der Waals surface area contributed by atoms with Crippen molar-refractivity contribution in [2.75, 3.05) is 25.5 Å². The number of hydrogen-bond donors (Lipinski definition) is 2. The molecule has 0 radical (unpaired) electrons. The first kappa shape index (κ1) is 22.6. The Labute approximate surface area is 207 Å². The Morgan fingerprint density at radius 1 is 1.21 bits per heavy atom. The minimum absolute atomic E-state index is 0.0844. The molecule has 0 aliphatic carbocycles. The number of carbonyl (C=O) groups is 2. The van der Waals surface area contributed by atoms with Crippen molar-refractivity contribution < 1.29 is 14.0 Å². The van der Waals surface area contributed by atoms with Gasteiger partial charge in [0.25, 0.3) is 11.8 Å².